The van der Waals surface area contributed by atoms with Gasteiger partial charge < -0.3 is 9.47 Å². The Kier molecular flexibility index (Phi) is 7.93. The van der Waals surface area contributed by atoms with E-state index in [0.717, 1.165) is 16.1 Å². The van der Waals surface area contributed by atoms with E-state index in [1.165, 1.54) is 13.3 Å². The van der Waals surface area contributed by atoms with Gasteiger partial charge in [0, 0.05) is 0 Å². The summed E-state index contributed by atoms with van der Waals surface area (Å²) in [6, 6.07) is 13.4. The lowest BCUT2D eigenvalue weighted by molar-refractivity contribution is -0.142. The van der Waals surface area contributed by atoms with Crippen molar-refractivity contribution in [3.05, 3.63) is 59.7 Å². The maximum atomic E-state index is 12.2. The standard InChI is InChI=1S/C20H23N3O6S/c1-15-4-8-17(9-5-15)23(30(3,26)27)13-19(24)22-21-12-16-6-10-18(11-7-16)29-14-20(25)28-2/h4-12H,13-14H2,1-3H3,(H,22,24)/b21-12-. The molecular weight excluding hydrogens is 410 g/mol. The topological polar surface area (TPSA) is 114 Å². The molecule has 2 aromatic carbocycles. The number of hydrazone groups is 1. The van der Waals surface area contributed by atoms with Crippen molar-refractivity contribution >= 4 is 33.8 Å². The van der Waals surface area contributed by atoms with Gasteiger partial charge in [-0.2, -0.15) is 5.10 Å². The molecule has 0 unspecified atom stereocenters. The van der Waals surface area contributed by atoms with Crippen LogP contribution in [0, 0.1) is 6.92 Å². The number of esters is 1. The van der Waals surface area contributed by atoms with Crippen molar-refractivity contribution in [1.82, 2.24) is 5.43 Å². The van der Waals surface area contributed by atoms with Gasteiger partial charge in [-0.1, -0.05) is 17.7 Å². The minimum absolute atomic E-state index is 0.197. The summed E-state index contributed by atoms with van der Waals surface area (Å²) in [5, 5.41) is 3.84. The molecule has 0 spiro atoms. The molecule has 0 saturated carbocycles. The number of amides is 1. The molecule has 1 N–H and O–H groups in total. The fraction of sp³-hybridized carbons (Fsp3) is 0.250. The SMILES string of the molecule is COC(=O)COc1ccc(/C=N\NC(=O)CN(c2ccc(C)cc2)S(C)(=O)=O)cc1. The van der Waals surface area contributed by atoms with Gasteiger partial charge in [-0.3, -0.25) is 9.10 Å². The van der Waals surface area contributed by atoms with Gasteiger partial charge >= 0.3 is 5.97 Å². The quantitative estimate of drug-likeness (QED) is 0.364. The molecule has 2 aromatic rings. The van der Waals surface area contributed by atoms with Crippen LogP contribution in [0.5, 0.6) is 5.75 Å². The predicted molar refractivity (Wildman–Crippen MR) is 113 cm³/mol. The Morgan fingerprint density at radius 2 is 1.73 bits per heavy atom. The van der Waals surface area contributed by atoms with E-state index in [1.807, 2.05) is 6.92 Å². The van der Waals surface area contributed by atoms with E-state index in [9.17, 15) is 18.0 Å². The van der Waals surface area contributed by atoms with E-state index in [0.29, 0.717) is 17.0 Å². The zero-order valence-electron chi connectivity index (χ0n) is 16.9. The molecule has 10 heteroatoms. The van der Waals surface area contributed by atoms with Crippen molar-refractivity contribution in [2.24, 2.45) is 5.10 Å². The Labute approximate surface area is 175 Å². The minimum atomic E-state index is -3.65. The average molecular weight is 433 g/mol. The van der Waals surface area contributed by atoms with Crippen LogP contribution in [-0.4, -0.2) is 53.0 Å². The second kappa shape index (κ2) is 10.4. The number of methoxy groups -OCH3 is 1. The predicted octanol–water partition coefficient (Wildman–Crippen LogP) is 1.46. The minimum Gasteiger partial charge on any atom is -0.482 e. The molecule has 1 amide bonds. The fourth-order valence-electron chi connectivity index (χ4n) is 2.31. The van der Waals surface area contributed by atoms with Gasteiger partial charge in [-0.05, 0) is 48.9 Å². The number of aryl methyl sites for hydroxylation is 1. The second-order valence-electron chi connectivity index (χ2n) is 6.33. The first kappa shape index (κ1) is 22.9. The molecule has 160 valence electrons. The summed E-state index contributed by atoms with van der Waals surface area (Å²) in [6.45, 7) is 1.28. The first-order valence-corrected chi connectivity index (χ1v) is 10.7. The lowest BCUT2D eigenvalue weighted by Gasteiger charge is -2.21. The molecule has 2 rings (SSSR count). The van der Waals surface area contributed by atoms with Crippen LogP contribution in [0.1, 0.15) is 11.1 Å². The van der Waals surface area contributed by atoms with Gasteiger partial charge in [0.15, 0.2) is 6.61 Å². The van der Waals surface area contributed by atoms with Crippen LogP contribution in [0.3, 0.4) is 0 Å². The van der Waals surface area contributed by atoms with E-state index in [-0.39, 0.29) is 6.61 Å². The van der Waals surface area contributed by atoms with Crippen molar-refractivity contribution < 1.29 is 27.5 Å². The Balaban J connectivity index is 1.94. The molecule has 9 nitrogen and oxygen atoms in total. The maximum absolute atomic E-state index is 12.2. The first-order valence-electron chi connectivity index (χ1n) is 8.85. The zero-order chi connectivity index (χ0) is 22.1. The Bertz CT molecular complexity index is 1000. The van der Waals surface area contributed by atoms with Gasteiger partial charge in [-0.25, -0.2) is 18.6 Å². The fourth-order valence-corrected chi connectivity index (χ4v) is 3.16. The summed E-state index contributed by atoms with van der Waals surface area (Å²) in [6.07, 6.45) is 2.44. The number of hydrogen-bond donors (Lipinski definition) is 1. The summed E-state index contributed by atoms with van der Waals surface area (Å²) in [5.41, 5.74) is 4.34. The molecule has 0 fully saturated rings. The summed E-state index contributed by atoms with van der Waals surface area (Å²) in [5.74, 6) is -0.601. The van der Waals surface area contributed by atoms with Crippen molar-refractivity contribution in [1.29, 1.82) is 0 Å². The summed E-state index contributed by atoms with van der Waals surface area (Å²) < 4.78 is 34.8. The highest BCUT2D eigenvalue weighted by Gasteiger charge is 2.20. The Morgan fingerprint density at radius 1 is 1.10 bits per heavy atom. The highest BCUT2D eigenvalue weighted by atomic mass is 32.2. The van der Waals surface area contributed by atoms with E-state index in [4.69, 9.17) is 4.74 Å². The van der Waals surface area contributed by atoms with Crippen LogP contribution >= 0.6 is 0 Å². The number of rotatable bonds is 9. The van der Waals surface area contributed by atoms with Crippen LogP contribution in [-0.2, 0) is 24.3 Å². The van der Waals surface area contributed by atoms with Crippen molar-refractivity contribution in [2.45, 2.75) is 6.92 Å². The van der Waals surface area contributed by atoms with Gasteiger partial charge in [0.2, 0.25) is 10.0 Å². The van der Waals surface area contributed by atoms with Crippen LogP contribution in [0.4, 0.5) is 5.69 Å². The number of sulfonamides is 1. The summed E-state index contributed by atoms with van der Waals surface area (Å²) >= 11 is 0. The van der Waals surface area contributed by atoms with Gasteiger partial charge in [-0.15, -0.1) is 0 Å². The Morgan fingerprint density at radius 3 is 2.30 bits per heavy atom. The molecule has 0 radical (unpaired) electrons. The molecule has 0 bridgehead atoms. The number of carbonyl (C=O) groups excluding carboxylic acids is 2. The molecule has 0 aliphatic heterocycles. The lowest BCUT2D eigenvalue weighted by atomic mass is 10.2. The average Bonchev–Trinajstić information content (AvgIpc) is 2.71. The number of ether oxygens (including phenoxy) is 2. The summed E-state index contributed by atoms with van der Waals surface area (Å²) in [4.78, 5) is 23.2. The lowest BCUT2D eigenvalue weighted by Crippen LogP contribution is -2.39. The first-order chi connectivity index (χ1) is 14.2. The molecule has 0 saturated heterocycles. The molecular formula is C20H23N3O6S. The van der Waals surface area contributed by atoms with Crippen LogP contribution < -0.4 is 14.5 Å². The van der Waals surface area contributed by atoms with E-state index >= 15 is 0 Å². The number of nitrogens with one attached hydrogen (secondary N) is 1. The van der Waals surface area contributed by atoms with Gasteiger partial charge in [0.05, 0.1) is 25.3 Å². The maximum Gasteiger partial charge on any atom is 0.343 e. The number of anilines is 1. The molecule has 0 atom stereocenters. The third-order valence-electron chi connectivity index (χ3n) is 3.88. The number of carbonyl (C=O) groups is 2. The highest BCUT2D eigenvalue weighted by molar-refractivity contribution is 7.92. The van der Waals surface area contributed by atoms with Crippen molar-refractivity contribution in [2.75, 3.05) is 30.8 Å². The third-order valence-corrected chi connectivity index (χ3v) is 5.02. The monoisotopic (exact) mass is 433 g/mol. The molecule has 0 aliphatic carbocycles. The molecule has 30 heavy (non-hydrogen) atoms. The normalized spacial score (nSPS) is 11.2. The van der Waals surface area contributed by atoms with Crippen LogP contribution in [0.25, 0.3) is 0 Å². The zero-order valence-corrected chi connectivity index (χ0v) is 17.7. The number of benzene rings is 2. The van der Waals surface area contributed by atoms with Crippen molar-refractivity contribution in [3.8, 4) is 5.75 Å². The highest BCUT2D eigenvalue weighted by Crippen LogP contribution is 2.17. The van der Waals surface area contributed by atoms with Gasteiger partial charge in [0.1, 0.15) is 12.3 Å². The summed E-state index contributed by atoms with van der Waals surface area (Å²) in [7, 11) is -2.37. The van der Waals surface area contributed by atoms with E-state index < -0.39 is 28.4 Å². The van der Waals surface area contributed by atoms with Crippen LogP contribution in [0.15, 0.2) is 53.6 Å². The van der Waals surface area contributed by atoms with E-state index in [1.54, 1.807) is 48.5 Å². The Hall–Kier alpha value is -3.40. The second-order valence-corrected chi connectivity index (χ2v) is 8.24. The van der Waals surface area contributed by atoms with Gasteiger partial charge in [0.25, 0.3) is 5.91 Å². The number of hydrogen-bond acceptors (Lipinski definition) is 7. The third kappa shape index (κ3) is 7.21. The number of nitrogens with zero attached hydrogens (tertiary/aromatic N) is 2. The molecule has 0 heterocycles. The van der Waals surface area contributed by atoms with E-state index in [2.05, 4.69) is 15.3 Å². The molecule has 0 aliphatic rings. The van der Waals surface area contributed by atoms with Crippen LogP contribution in [0.2, 0.25) is 0 Å². The largest absolute Gasteiger partial charge is 0.482 e. The molecule has 0 aromatic heterocycles. The van der Waals surface area contributed by atoms with Crippen molar-refractivity contribution in [3.63, 3.8) is 0 Å². The smallest absolute Gasteiger partial charge is 0.343 e.